The molecule has 1 atom stereocenters. The van der Waals surface area contributed by atoms with E-state index >= 15 is 0 Å². The highest BCUT2D eigenvalue weighted by molar-refractivity contribution is 14.1. The number of carbonyl (C=O) groups excluding carboxylic acids is 2. The van der Waals surface area contributed by atoms with Crippen LogP contribution in [0.4, 0.5) is 4.79 Å². The van der Waals surface area contributed by atoms with Gasteiger partial charge in [-0.1, -0.05) is 12.1 Å². The molecule has 27 heavy (non-hydrogen) atoms. The Bertz CT molecular complexity index is 859. The van der Waals surface area contributed by atoms with Gasteiger partial charge in [0.2, 0.25) is 0 Å². The minimum atomic E-state index is -0.820. The van der Waals surface area contributed by atoms with Crippen LogP contribution in [0.15, 0.2) is 24.4 Å². The molecule has 0 bridgehead atoms. The lowest BCUT2D eigenvalue weighted by atomic mass is 10.1. The third-order valence-electron chi connectivity index (χ3n) is 3.60. The second-order valence-electron chi connectivity index (χ2n) is 8.48. The topological polar surface area (TPSA) is 83.5 Å². The molecule has 0 saturated carbocycles. The molecular formula is C20H27IN2O4. The maximum Gasteiger partial charge on any atom is 0.419 e. The molecule has 7 heteroatoms. The van der Waals surface area contributed by atoms with Crippen molar-refractivity contribution < 1.29 is 19.1 Å². The molecule has 0 amide bonds. The van der Waals surface area contributed by atoms with Crippen LogP contribution in [-0.2, 0) is 20.7 Å². The molecule has 6 nitrogen and oxygen atoms in total. The van der Waals surface area contributed by atoms with Crippen LogP contribution in [0.5, 0.6) is 0 Å². The molecule has 2 rings (SSSR count). The van der Waals surface area contributed by atoms with Gasteiger partial charge in [0.15, 0.2) is 0 Å². The second kappa shape index (κ2) is 7.79. The summed E-state index contributed by atoms with van der Waals surface area (Å²) < 4.78 is 13.3. The zero-order valence-corrected chi connectivity index (χ0v) is 18.8. The molecule has 2 N–H and O–H groups in total. The van der Waals surface area contributed by atoms with Crippen molar-refractivity contribution in [2.24, 2.45) is 5.73 Å². The molecule has 0 saturated heterocycles. The number of esters is 1. The van der Waals surface area contributed by atoms with Gasteiger partial charge in [0.05, 0.1) is 5.52 Å². The Balaban J connectivity index is 2.40. The SMILES string of the molecule is CC(C)(C)OC(=O)[C@@H](N)Cc1cn(C(=O)OC(C)(C)C)c2c(I)cccc12. The molecular weight excluding hydrogens is 459 g/mol. The Morgan fingerprint density at radius 1 is 1.11 bits per heavy atom. The van der Waals surface area contributed by atoms with Crippen LogP contribution in [0.25, 0.3) is 10.9 Å². The predicted molar refractivity (Wildman–Crippen MR) is 114 cm³/mol. The van der Waals surface area contributed by atoms with Crippen LogP contribution in [0.3, 0.4) is 0 Å². The average molecular weight is 486 g/mol. The van der Waals surface area contributed by atoms with Crippen LogP contribution < -0.4 is 5.73 Å². The number of halogens is 1. The van der Waals surface area contributed by atoms with E-state index in [0.717, 1.165) is 20.0 Å². The van der Waals surface area contributed by atoms with Gasteiger partial charge in [-0.25, -0.2) is 4.79 Å². The highest BCUT2D eigenvalue weighted by Gasteiger charge is 2.26. The van der Waals surface area contributed by atoms with Gasteiger partial charge in [0.25, 0.3) is 0 Å². The molecule has 1 aromatic heterocycles. The van der Waals surface area contributed by atoms with Gasteiger partial charge in [0.1, 0.15) is 17.2 Å². The summed E-state index contributed by atoms with van der Waals surface area (Å²) in [6.07, 6.45) is 1.50. The Kier molecular flexibility index (Phi) is 6.26. The number of hydrogen-bond acceptors (Lipinski definition) is 5. The number of aromatic nitrogens is 1. The molecule has 0 unspecified atom stereocenters. The highest BCUT2D eigenvalue weighted by atomic mass is 127. The van der Waals surface area contributed by atoms with E-state index in [-0.39, 0.29) is 6.42 Å². The van der Waals surface area contributed by atoms with Crippen molar-refractivity contribution in [3.63, 3.8) is 0 Å². The van der Waals surface area contributed by atoms with Crippen molar-refractivity contribution in [3.05, 3.63) is 33.5 Å². The molecule has 0 aliphatic heterocycles. The lowest BCUT2D eigenvalue weighted by Crippen LogP contribution is -2.38. The minimum Gasteiger partial charge on any atom is -0.459 e. The summed E-state index contributed by atoms with van der Waals surface area (Å²) >= 11 is 2.18. The van der Waals surface area contributed by atoms with E-state index in [4.69, 9.17) is 15.2 Å². The first-order chi connectivity index (χ1) is 12.3. The molecule has 0 spiro atoms. The van der Waals surface area contributed by atoms with Gasteiger partial charge in [-0.15, -0.1) is 0 Å². The van der Waals surface area contributed by atoms with Crippen LogP contribution in [0.2, 0.25) is 0 Å². The summed E-state index contributed by atoms with van der Waals surface area (Å²) in [5.41, 5.74) is 6.41. The Labute approximate surface area is 173 Å². The summed E-state index contributed by atoms with van der Waals surface area (Å²) in [6.45, 7) is 10.9. The molecule has 1 aromatic carbocycles. The van der Waals surface area contributed by atoms with Gasteiger partial charge >= 0.3 is 12.1 Å². The van der Waals surface area contributed by atoms with Gasteiger partial charge in [0, 0.05) is 21.6 Å². The van der Waals surface area contributed by atoms with Crippen LogP contribution in [0, 0.1) is 3.57 Å². The number of fused-ring (bicyclic) bond motifs is 1. The van der Waals surface area contributed by atoms with Crippen molar-refractivity contribution in [2.75, 3.05) is 0 Å². The molecule has 1 heterocycles. The van der Waals surface area contributed by atoms with E-state index in [1.54, 1.807) is 27.0 Å². The van der Waals surface area contributed by atoms with Crippen molar-refractivity contribution in [1.29, 1.82) is 0 Å². The monoisotopic (exact) mass is 486 g/mol. The summed E-state index contributed by atoms with van der Waals surface area (Å²) in [6, 6.07) is 4.92. The Hall–Kier alpha value is -1.61. The normalized spacial score (nSPS) is 13.5. The number of benzene rings is 1. The van der Waals surface area contributed by atoms with E-state index < -0.39 is 29.3 Å². The van der Waals surface area contributed by atoms with E-state index in [1.807, 2.05) is 39.0 Å². The van der Waals surface area contributed by atoms with Crippen molar-refractivity contribution in [1.82, 2.24) is 4.57 Å². The van der Waals surface area contributed by atoms with Crippen molar-refractivity contribution in [2.45, 2.75) is 65.2 Å². The number of hydrogen-bond donors (Lipinski definition) is 1. The molecule has 2 aromatic rings. The highest BCUT2D eigenvalue weighted by Crippen LogP contribution is 2.28. The summed E-state index contributed by atoms with van der Waals surface area (Å²) in [5.74, 6) is -0.466. The molecule has 148 valence electrons. The number of rotatable bonds is 3. The first-order valence-corrected chi connectivity index (χ1v) is 9.86. The van der Waals surface area contributed by atoms with E-state index in [1.165, 1.54) is 4.57 Å². The summed E-state index contributed by atoms with van der Waals surface area (Å²) in [5, 5.41) is 0.867. The molecule has 0 aliphatic rings. The van der Waals surface area contributed by atoms with Crippen LogP contribution in [0.1, 0.15) is 47.1 Å². The molecule has 0 aliphatic carbocycles. The number of nitrogens with two attached hydrogens (primary N) is 1. The van der Waals surface area contributed by atoms with Crippen LogP contribution >= 0.6 is 22.6 Å². The van der Waals surface area contributed by atoms with Gasteiger partial charge < -0.3 is 15.2 Å². The fourth-order valence-electron chi connectivity index (χ4n) is 2.62. The summed E-state index contributed by atoms with van der Waals surface area (Å²) in [7, 11) is 0. The Morgan fingerprint density at radius 2 is 1.70 bits per heavy atom. The minimum absolute atomic E-state index is 0.265. The van der Waals surface area contributed by atoms with Crippen molar-refractivity contribution in [3.8, 4) is 0 Å². The van der Waals surface area contributed by atoms with E-state index in [0.29, 0.717) is 0 Å². The second-order valence-corrected chi connectivity index (χ2v) is 9.65. The van der Waals surface area contributed by atoms with Crippen LogP contribution in [-0.4, -0.2) is 33.9 Å². The third kappa shape index (κ3) is 5.68. The van der Waals surface area contributed by atoms with E-state index in [9.17, 15) is 9.59 Å². The largest absolute Gasteiger partial charge is 0.459 e. The van der Waals surface area contributed by atoms with Crippen molar-refractivity contribution >= 4 is 45.6 Å². The number of carbonyl (C=O) groups is 2. The molecule has 0 radical (unpaired) electrons. The number of ether oxygens (including phenoxy) is 2. The van der Waals surface area contributed by atoms with Gasteiger partial charge in [-0.3, -0.25) is 9.36 Å². The first-order valence-electron chi connectivity index (χ1n) is 8.79. The fourth-order valence-corrected chi connectivity index (χ4v) is 3.38. The third-order valence-corrected chi connectivity index (χ3v) is 4.47. The lowest BCUT2D eigenvalue weighted by Gasteiger charge is -2.22. The lowest BCUT2D eigenvalue weighted by molar-refractivity contribution is -0.156. The summed E-state index contributed by atoms with van der Waals surface area (Å²) in [4.78, 5) is 24.9. The first kappa shape index (κ1) is 21.7. The molecule has 0 fully saturated rings. The zero-order chi connectivity index (χ0) is 20.6. The quantitative estimate of drug-likeness (QED) is 0.519. The van der Waals surface area contributed by atoms with Gasteiger partial charge in [-0.2, -0.15) is 0 Å². The maximum absolute atomic E-state index is 12.7. The maximum atomic E-state index is 12.7. The smallest absolute Gasteiger partial charge is 0.419 e. The fraction of sp³-hybridized carbons (Fsp3) is 0.500. The number of para-hydroxylation sites is 1. The van der Waals surface area contributed by atoms with Gasteiger partial charge in [-0.05, 0) is 75.8 Å². The predicted octanol–water partition coefficient (Wildman–Crippen LogP) is 4.24. The zero-order valence-electron chi connectivity index (χ0n) is 16.6. The average Bonchev–Trinajstić information content (AvgIpc) is 2.84. The van der Waals surface area contributed by atoms with E-state index in [2.05, 4.69) is 22.6 Å². The Morgan fingerprint density at radius 3 is 2.26 bits per heavy atom. The number of nitrogens with zero attached hydrogens (tertiary/aromatic N) is 1. The standard InChI is InChI=1S/C20H27IN2O4/c1-19(2,3)26-17(24)15(22)10-12-11-23(18(25)27-20(4,5)6)16-13(12)8-7-9-14(16)21/h7-9,11,15H,10,22H2,1-6H3/t15-/m0/s1.